The van der Waals surface area contributed by atoms with Crippen molar-refractivity contribution in [2.75, 3.05) is 31.1 Å². The monoisotopic (exact) mass is 362 g/mol. The molecule has 0 unspecified atom stereocenters. The van der Waals surface area contributed by atoms with Crippen LogP contribution in [0.25, 0.3) is 0 Å². The molecule has 0 atom stereocenters. The predicted octanol–water partition coefficient (Wildman–Crippen LogP) is 2.66. The fraction of sp³-hybridized carbons (Fsp3) is 0.381. The lowest BCUT2D eigenvalue weighted by Gasteiger charge is -2.36. The van der Waals surface area contributed by atoms with Gasteiger partial charge in [0.2, 0.25) is 0 Å². The number of benzene rings is 1. The number of nitrogens with zero attached hydrogens (tertiary/aromatic N) is 6. The number of rotatable bonds is 5. The van der Waals surface area contributed by atoms with Crippen molar-refractivity contribution in [3.63, 3.8) is 0 Å². The van der Waals surface area contributed by atoms with Crippen molar-refractivity contribution in [3.05, 3.63) is 71.4 Å². The van der Waals surface area contributed by atoms with Crippen molar-refractivity contribution in [2.24, 2.45) is 0 Å². The quantitative estimate of drug-likeness (QED) is 0.698. The topological polar surface area (TPSA) is 50.1 Å². The summed E-state index contributed by atoms with van der Waals surface area (Å²) in [5.41, 5.74) is 4.65. The Bertz CT molecular complexity index is 881. The van der Waals surface area contributed by atoms with Crippen LogP contribution < -0.4 is 4.90 Å². The molecule has 3 aromatic rings. The zero-order valence-electron chi connectivity index (χ0n) is 16.0. The molecule has 0 N–H and O–H groups in total. The summed E-state index contributed by atoms with van der Waals surface area (Å²) in [4.78, 5) is 14.0. The minimum atomic E-state index is 0.819. The van der Waals surface area contributed by atoms with E-state index in [4.69, 9.17) is 0 Å². The van der Waals surface area contributed by atoms with E-state index in [1.165, 1.54) is 11.1 Å². The molecule has 0 radical (unpaired) electrons. The molecule has 27 heavy (non-hydrogen) atoms. The Kier molecular flexibility index (Phi) is 5.16. The standard InChI is InChI=1S/C21H26N6/c1-17-14-22-18(2)21(24-17)26-11-9-25(10-12-26)15-19-5-3-6-20(13-19)16-27-8-4-7-23-27/h3-8,13-14H,9-12,15-16H2,1-2H3. The lowest BCUT2D eigenvalue weighted by molar-refractivity contribution is 0.249. The third-order valence-electron chi connectivity index (χ3n) is 5.02. The smallest absolute Gasteiger partial charge is 0.150 e. The largest absolute Gasteiger partial charge is 0.353 e. The van der Waals surface area contributed by atoms with Crippen LogP contribution in [0.5, 0.6) is 0 Å². The van der Waals surface area contributed by atoms with E-state index in [1.54, 1.807) is 0 Å². The number of aromatic nitrogens is 4. The van der Waals surface area contributed by atoms with Crippen LogP contribution in [-0.2, 0) is 13.1 Å². The minimum absolute atomic E-state index is 0.819. The van der Waals surface area contributed by atoms with Crippen LogP contribution in [0.1, 0.15) is 22.5 Å². The van der Waals surface area contributed by atoms with Gasteiger partial charge in [-0.25, -0.2) is 4.98 Å². The molecule has 1 aliphatic rings. The molecule has 6 heteroatoms. The Hall–Kier alpha value is -2.73. The summed E-state index contributed by atoms with van der Waals surface area (Å²) >= 11 is 0. The molecule has 0 bridgehead atoms. The lowest BCUT2D eigenvalue weighted by Crippen LogP contribution is -2.46. The number of hydrogen-bond acceptors (Lipinski definition) is 5. The molecule has 0 spiro atoms. The molecular weight excluding hydrogens is 336 g/mol. The molecule has 1 fully saturated rings. The van der Waals surface area contributed by atoms with Gasteiger partial charge in [-0.05, 0) is 31.0 Å². The lowest BCUT2D eigenvalue weighted by atomic mass is 10.1. The van der Waals surface area contributed by atoms with Crippen LogP contribution in [-0.4, -0.2) is 50.8 Å². The summed E-state index contributed by atoms with van der Waals surface area (Å²) in [5, 5.41) is 4.30. The fourth-order valence-electron chi connectivity index (χ4n) is 3.61. The molecule has 0 aliphatic carbocycles. The van der Waals surface area contributed by atoms with Crippen LogP contribution >= 0.6 is 0 Å². The van der Waals surface area contributed by atoms with Crippen LogP contribution in [0.3, 0.4) is 0 Å². The third-order valence-corrected chi connectivity index (χ3v) is 5.02. The van der Waals surface area contributed by atoms with E-state index in [2.05, 4.69) is 49.1 Å². The van der Waals surface area contributed by atoms with Crippen molar-refractivity contribution in [3.8, 4) is 0 Å². The molecule has 0 saturated carbocycles. The van der Waals surface area contributed by atoms with Crippen molar-refractivity contribution < 1.29 is 0 Å². The molecular formula is C21H26N6. The molecule has 6 nitrogen and oxygen atoms in total. The number of anilines is 1. The highest BCUT2D eigenvalue weighted by molar-refractivity contribution is 5.43. The van der Waals surface area contributed by atoms with Gasteiger partial charge in [-0.1, -0.05) is 24.3 Å². The Morgan fingerprint density at radius 2 is 1.74 bits per heavy atom. The second kappa shape index (κ2) is 7.88. The molecule has 2 aromatic heterocycles. The highest BCUT2D eigenvalue weighted by Crippen LogP contribution is 2.18. The first-order valence-corrected chi connectivity index (χ1v) is 9.50. The van der Waals surface area contributed by atoms with E-state index < -0.39 is 0 Å². The zero-order valence-corrected chi connectivity index (χ0v) is 16.0. The van der Waals surface area contributed by atoms with Crippen molar-refractivity contribution >= 4 is 5.82 Å². The average molecular weight is 362 g/mol. The second-order valence-electron chi connectivity index (χ2n) is 7.21. The molecule has 4 rings (SSSR count). The fourth-order valence-corrected chi connectivity index (χ4v) is 3.61. The van der Waals surface area contributed by atoms with Crippen LogP contribution in [0.15, 0.2) is 48.9 Å². The van der Waals surface area contributed by atoms with Gasteiger partial charge >= 0.3 is 0 Å². The van der Waals surface area contributed by atoms with E-state index in [9.17, 15) is 0 Å². The maximum Gasteiger partial charge on any atom is 0.150 e. The molecule has 1 aliphatic heterocycles. The molecule has 3 heterocycles. The third kappa shape index (κ3) is 4.34. The first-order chi connectivity index (χ1) is 13.2. The summed E-state index contributed by atoms with van der Waals surface area (Å²) in [6, 6.07) is 10.8. The Morgan fingerprint density at radius 1 is 0.963 bits per heavy atom. The number of aryl methyl sites for hydroxylation is 2. The van der Waals surface area contributed by atoms with Gasteiger partial charge in [0.15, 0.2) is 0 Å². The van der Waals surface area contributed by atoms with Gasteiger partial charge < -0.3 is 4.90 Å². The molecule has 1 saturated heterocycles. The van der Waals surface area contributed by atoms with Gasteiger partial charge in [-0.15, -0.1) is 0 Å². The van der Waals surface area contributed by atoms with E-state index in [-0.39, 0.29) is 0 Å². The molecule has 1 aromatic carbocycles. The average Bonchev–Trinajstić information content (AvgIpc) is 3.18. The Balaban J connectivity index is 1.36. The van der Waals surface area contributed by atoms with Gasteiger partial charge in [0.25, 0.3) is 0 Å². The zero-order chi connectivity index (χ0) is 18.6. The van der Waals surface area contributed by atoms with Crippen LogP contribution in [0.4, 0.5) is 5.82 Å². The van der Waals surface area contributed by atoms with Gasteiger partial charge in [0.05, 0.1) is 17.9 Å². The van der Waals surface area contributed by atoms with E-state index in [0.717, 1.165) is 56.5 Å². The van der Waals surface area contributed by atoms with Crippen LogP contribution in [0, 0.1) is 13.8 Å². The first-order valence-electron chi connectivity index (χ1n) is 9.50. The summed E-state index contributed by atoms with van der Waals surface area (Å²) in [6.45, 7) is 9.91. The molecule has 140 valence electrons. The van der Waals surface area contributed by atoms with Crippen LogP contribution in [0.2, 0.25) is 0 Å². The summed E-state index contributed by atoms with van der Waals surface area (Å²) in [7, 11) is 0. The van der Waals surface area contributed by atoms with Crippen molar-refractivity contribution in [1.82, 2.24) is 24.6 Å². The van der Waals surface area contributed by atoms with Crippen molar-refractivity contribution in [1.29, 1.82) is 0 Å². The molecule has 0 amide bonds. The van der Waals surface area contributed by atoms with Gasteiger partial charge in [-0.2, -0.15) is 5.10 Å². The second-order valence-corrected chi connectivity index (χ2v) is 7.21. The van der Waals surface area contributed by atoms with Crippen molar-refractivity contribution in [2.45, 2.75) is 26.9 Å². The number of piperazine rings is 1. The van der Waals surface area contributed by atoms with Gasteiger partial charge in [0.1, 0.15) is 5.82 Å². The summed E-state index contributed by atoms with van der Waals surface area (Å²) in [5.74, 6) is 1.04. The van der Waals surface area contributed by atoms with E-state index >= 15 is 0 Å². The Morgan fingerprint density at radius 3 is 2.48 bits per heavy atom. The number of hydrogen-bond donors (Lipinski definition) is 0. The maximum absolute atomic E-state index is 4.69. The highest BCUT2D eigenvalue weighted by Gasteiger charge is 2.20. The van der Waals surface area contributed by atoms with E-state index in [1.807, 2.05) is 43.2 Å². The first kappa shape index (κ1) is 17.7. The maximum atomic E-state index is 4.69. The van der Waals surface area contributed by atoms with E-state index in [0.29, 0.717) is 0 Å². The Labute approximate surface area is 160 Å². The normalized spacial score (nSPS) is 15.3. The minimum Gasteiger partial charge on any atom is -0.353 e. The predicted molar refractivity (Wildman–Crippen MR) is 107 cm³/mol. The summed E-state index contributed by atoms with van der Waals surface area (Å²) in [6.07, 6.45) is 5.66. The van der Waals surface area contributed by atoms with Gasteiger partial charge in [0, 0.05) is 51.3 Å². The summed E-state index contributed by atoms with van der Waals surface area (Å²) < 4.78 is 1.96. The van der Waals surface area contributed by atoms with Gasteiger partial charge in [-0.3, -0.25) is 14.6 Å². The highest BCUT2D eigenvalue weighted by atomic mass is 15.3. The SMILES string of the molecule is Cc1cnc(C)c(N2CCN(Cc3cccc(Cn4cccn4)c3)CC2)n1.